The third-order valence-electron chi connectivity index (χ3n) is 4.43. The molecular weight excluding hydrogens is 354 g/mol. The molecule has 0 spiro atoms. The fraction of sp³-hybridized carbons (Fsp3) is 0.263. The molecule has 3 aromatic rings. The molecule has 6 nitrogen and oxygen atoms in total. The lowest BCUT2D eigenvalue weighted by Crippen LogP contribution is -2.30. The first-order valence-corrected chi connectivity index (χ1v) is 9.51. The van der Waals surface area contributed by atoms with Crippen LogP contribution in [0.3, 0.4) is 0 Å². The summed E-state index contributed by atoms with van der Waals surface area (Å²) in [6.45, 7) is 1.78. The van der Waals surface area contributed by atoms with E-state index in [1.165, 1.54) is 31.6 Å². The Hall–Kier alpha value is -2.51. The minimum absolute atomic E-state index is 0.0461. The van der Waals surface area contributed by atoms with Crippen LogP contribution in [-0.4, -0.2) is 34.0 Å². The van der Waals surface area contributed by atoms with Gasteiger partial charge >= 0.3 is 0 Å². The smallest absolute Gasteiger partial charge is 0.247 e. The quantitative estimate of drug-likeness (QED) is 0.655. The highest BCUT2D eigenvalue weighted by atomic mass is 32.2. The normalized spacial score (nSPS) is 13.1. The zero-order valence-corrected chi connectivity index (χ0v) is 15.9. The number of benzene rings is 2. The zero-order chi connectivity index (χ0) is 18.9. The molecule has 0 aliphatic rings. The van der Waals surface area contributed by atoms with Gasteiger partial charge in [-0.15, -0.1) is 0 Å². The third kappa shape index (κ3) is 3.15. The second-order valence-corrected chi connectivity index (χ2v) is 7.87. The summed E-state index contributed by atoms with van der Waals surface area (Å²) in [5.41, 5.74) is 0.721. The number of hydrogen-bond donors (Lipinski definition) is 0. The first-order valence-electron chi connectivity index (χ1n) is 8.07. The van der Waals surface area contributed by atoms with E-state index >= 15 is 0 Å². The first-order chi connectivity index (χ1) is 12.4. The van der Waals surface area contributed by atoms with Gasteiger partial charge in [0.15, 0.2) is 0 Å². The largest absolute Gasteiger partial charge is 0.497 e. The topological polar surface area (TPSA) is 69.0 Å². The molecule has 0 saturated heterocycles. The lowest BCUT2D eigenvalue weighted by atomic mass is 10.2. The van der Waals surface area contributed by atoms with Crippen LogP contribution >= 0.6 is 0 Å². The van der Waals surface area contributed by atoms with Crippen molar-refractivity contribution in [1.82, 2.24) is 4.31 Å². The molecule has 3 rings (SSSR count). The predicted octanol–water partition coefficient (Wildman–Crippen LogP) is 3.83. The van der Waals surface area contributed by atoms with Gasteiger partial charge in [0, 0.05) is 18.5 Å². The first kappa shape index (κ1) is 18.3. The van der Waals surface area contributed by atoms with Gasteiger partial charge in [-0.2, -0.15) is 4.31 Å². The van der Waals surface area contributed by atoms with E-state index in [0.29, 0.717) is 11.5 Å². The Morgan fingerprint density at radius 3 is 2.42 bits per heavy atom. The lowest BCUT2D eigenvalue weighted by molar-refractivity contribution is 0.343. The standard InChI is InChI=1S/C19H21NO5S/c1-13(18-11-14-7-5-6-8-16(14)25-18)20(2)26(21,22)19-12-15(23-3)9-10-17(19)24-4/h5-13H,1-4H3. The van der Waals surface area contributed by atoms with E-state index in [2.05, 4.69) is 0 Å². The van der Waals surface area contributed by atoms with Crippen LogP contribution in [0, 0.1) is 0 Å². The van der Waals surface area contributed by atoms with E-state index in [9.17, 15) is 8.42 Å². The van der Waals surface area contributed by atoms with Crippen LogP contribution in [0.15, 0.2) is 57.8 Å². The third-order valence-corrected chi connectivity index (χ3v) is 6.38. The van der Waals surface area contributed by atoms with Crippen molar-refractivity contribution >= 4 is 21.0 Å². The van der Waals surface area contributed by atoms with Crippen molar-refractivity contribution in [2.45, 2.75) is 17.9 Å². The minimum atomic E-state index is -3.83. The summed E-state index contributed by atoms with van der Waals surface area (Å²) in [6, 6.07) is 13.6. The number of nitrogens with zero attached hydrogens (tertiary/aromatic N) is 1. The van der Waals surface area contributed by atoms with Crippen molar-refractivity contribution < 1.29 is 22.3 Å². The molecule has 0 bridgehead atoms. The number of furan rings is 1. The highest BCUT2D eigenvalue weighted by molar-refractivity contribution is 7.89. The molecule has 0 saturated carbocycles. The SMILES string of the molecule is COc1ccc(OC)c(S(=O)(=O)N(C)C(C)c2cc3ccccc3o2)c1. The average molecular weight is 375 g/mol. The molecule has 2 aromatic carbocycles. The summed E-state index contributed by atoms with van der Waals surface area (Å²) in [4.78, 5) is 0.0461. The van der Waals surface area contributed by atoms with Gasteiger partial charge in [0.2, 0.25) is 10.0 Å². The Morgan fingerprint density at radius 2 is 1.77 bits per heavy atom. The van der Waals surface area contributed by atoms with E-state index in [0.717, 1.165) is 11.0 Å². The second kappa shape index (κ2) is 7.01. The number of methoxy groups -OCH3 is 2. The second-order valence-electron chi connectivity index (χ2n) is 5.90. The van der Waals surface area contributed by atoms with E-state index in [1.54, 1.807) is 19.1 Å². The minimum Gasteiger partial charge on any atom is -0.497 e. The van der Waals surface area contributed by atoms with Crippen LogP contribution in [0.4, 0.5) is 0 Å². The Kier molecular flexibility index (Phi) is 4.93. The molecule has 7 heteroatoms. The fourth-order valence-corrected chi connectivity index (χ4v) is 4.24. The van der Waals surface area contributed by atoms with Gasteiger partial charge < -0.3 is 13.9 Å². The van der Waals surface area contributed by atoms with Crippen molar-refractivity contribution in [2.24, 2.45) is 0 Å². The van der Waals surface area contributed by atoms with Crippen molar-refractivity contribution in [3.63, 3.8) is 0 Å². The Bertz CT molecular complexity index is 992. The Morgan fingerprint density at radius 1 is 1.04 bits per heavy atom. The molecule has 1 aromatic heterocycles. The molecule has 0 amide bonds. The van der Waals surface area contributed by atoms with E-state index in [-0.39, 0.29) is 10.6 Å². The molecule has 26 heavy (non-hydrogen) atoms. The van der Waals surface area contributed by atoms with E-state index in [1.807, 2.05) is 30.3 Å². The zero-order valence-electron chi connectivity index (χ0n) is 15.1. The summed E-state index contributed by atoms with van der Waals surface area (Å²) < 4.78 is 43.8. The van der Waals surface area contributed by atoms with Gasteiger partial charge in [-0.05, 0) is 31.2 Å². The molecule has 0 N–H and O–H groups in total. The van der Waals surface area contributed by atoms with Crippen LogP contribution < -0.4 is 9.47 Å². The maximum atomic E-state index is 13.2. The van der Waals surface area contributed by atoms with Crippen LogP contribution in [0.1, 0.15) is 18.7 Å². The van der Waals surface area contributed by atoms with Crippen LogP contribution in [0.25, 0.3) is 11.0 Å². The summed E-state index contributed by atoms with van der Waals surface area (Å²) in [6.07, 6.45) is 0. The molecule has 0 aliphatic carbocycles. The molecule has 0 radical (unpaired) electrons. The van der Waals surface area contributed by atoms with Crippen LogP contribution in [0.5, 0.6) is 11.5 Å². The summed E-state index contributed by atoms with van der Waals surface area (Å²) in [5, 5.41) is 0.930. The number of ether oxygens (including phenoxy) is 2. The fourth-order valence-electron chi connectivity index (χ4n) is 2.74. The van der Waals surface area contributed by atoms with Gasteiger partial charge in [0.1, 0.15) is 27.7 Å². The molecule has 1 unspecified atom stereocenters. The lowest BCUT2D eigenvalue weighted by Gasteiger charge is -2.24. The van der Waals surface area contributed by atoms with Crippen molar-refractivity contribution in [3.8, 4) is 11.5 Å². The highest BCUT2D eigenvalue weighted by Gasteiger charge is 2.31. The van der Waals surface area contributed by atoms with Crippen molar-refractivity contribution in [3.05, 3.63) is 54.3 Å². The van der Waals surface area contributed by atoms with Gasteiger partial charge in [0.25, 0.3) is 0 Å². The number of rotatable bonds is 6. The highest BCUT2D eigenvalue weighted by Crippen LogP contribution is 2.34. The molecule has 0 aliphatic heterocycles. The molecule has 1 atom stereocenters. The van der Waals surface area contributed by atoms with Gasteiger partial charge in [-0.1, -0.05) is 18.2 Å². The molecular formula is C19H21NO5S. The van der Waals surface area contributed by atoms with Gasteiger partial charge in [0.05, 0.1) is 20.3 Å². The maximum absolute atomic E-state index is 13.2. The average Bonchev–Trinajstić information content (AvgIpc) is 3.10. The maximum Gasteiger partial charge on any atom is 0.247 e. The number of fused-ring (bicyclic) bond motifs is 1. The number of sulfonamides is 1. The Balaban J connectivity index is 2.01. The van der Waals surface area contributed by atoms with Crippen molar-refractivity contribution in [2.75, 3.05) is 21.3 Å². The molecule has 138 valence electrons. The van der Waals surface area contributed by atoms with Crippen molar-refractivity contribution in [1.29, 1.82) is 0 Å². The van der Waals surface area contributed by atoms with Gasteiger partial charge in [-0.25, -0.2) is 8.42 Å². The van der Waals surface area contributed by atoms with Crippen LogP contribution in [0.2, 0.25) is 0 Å². The number of para-hydroxylation sites is 1. The summed E-state index contributed by atoms with van der Waals surface area (Å²) in [5.74, 6) is 1.27. The monoisotopic (exact) mass is 375 g/mol. The van der Waals surface area contributed by atoms with Crippen LogP contribution in [-0.2, 0) is 10.0 Å². The Labute approximate surface area is 153 Å². The predicted molar refractivity (Wildman–Crippen MR) is 99.1 cm³/mol. The van der Waals surface area contributed by atoms with E-state index in [4.69, 9.17) is 13.9 Å². The van der Waals surface area contributed by atoms with Gasteiger partial charge in [-0.3, -0.25) is 0 Å². The summed E-state index contributed by atoms with van der Waals surface area (Å²) in [7, 11) is 0.608. The summed E-state index contributed by atoms with van der Waals surface area (Å²) >= 11 is 0. The van der Waals surface area contributed by atoms with E-state index < -0.39 is 16.1 Å². The molecule has 1 heterocycles. The molecule has 0 fully saturated rings. The number of hydrogen-bond acceptors (Lipinski definition) is 5.